The Kier molecular flexibility index (Phi) is 4.23. The summed E-state index contributed by atoms with van der Waals surface area (Å²) in [7, 11) is 0. The van der Waals surface area contributed by atoms with Crippen molar-refractivity contribution in [2.45, 2.75) is 32.5 Å². The second kappa shape index (κ2) is 5.47. The Hall–Kier alpha value is -0.910. The molecule has 0 saturated carbocycles. The average Bonchev–Trinajstić information content (AvgIpc) is 2.29. The first-order chi connectivity index (χ1) is 9.17. The summed E-state index contributed by atoms with van der Waals surface area (Å²) in [5.41, 5.74) is -0.786. The molecule has 6 heteroatoms. The van der Waals surface area contributed by atoms with E-state index in [1.54, 1.807) is 11.8 Å². The van der Waals surface area contributed by atoms with Crippen molar-refractivity contribution >= 4 is 17.4 Å². The van der Waals surface area contributed by atoms with E-state index in [4.69, 9.17) is 0 Å². The molecule has 1 fully saturated rings. The molecule has 20 heavy (non-hydrogen) atoms. The van der Waals surface area contributed by atoms with E-state index in [-0.39, 0.29) is 17.1 Å². The number of alkyl halides is 3. The minimum absolute atomic E-state index is 0.0123. The molecule has 1 aliphatic rings. The number of rotatable bonds is 2. The third kappa shape index (κ3) is 3.81. The number of benzene rings is 1. The molecule has 1 nitrogen and oxygen atoms in total. The summed E-state index contributed by atoms with van der Waals surface area (Å²) in [4.78, 5) is 0. The van der Waals surface area contributed by atoms with Crippen molar-refractivity contribution in [2.24, 2.45) is 5.41 Å². The highest BCUT2D eigenvalue weighted by atomic mass is 32.2. The summed E-state index contributed by atoms with van der Waals surface area (Å²) < 4.78 is 51.6. The summed E-state index contributed by atoms with van der Waals surface area (Å²) in [6, 6.07) is 2.47. The molecule has 0 radical (unpaired) electrons. The van der Waals surface area contributed by atoms with E-state index in [1.807, 2.05) is 0 Å². The Morgan fingerprint density at radius 2 is 2.00 bits per heavy atom. The molecule has 1 heterocycles. The highest BCUT2D eigenvalue weighted by Gasteiger charge is 2.32. The van der Waals surface area contributed by atoms with Crippen LogP contribution in [0.4, 0.5) is 23.2 Å². The van der Waals surface area contributed by atoms with Gasteiger partial charge in [-0.05, 0) is 35.8 Å². The van der Waals surface area contributed by atoms with Gasteiger partial charge in [-0.15, -0.1) is 0 Å². The summed E-state index contributed by atoms with van der Waals surface area (Å²) in [5.74, 6) is 1.14. The third-order valence-electron chi connectivity index (χ3n) is 3.26. The van der Waals surface area contributed by atoms with Crippen molar-refractivity contribution < 1.29 is 17.6 Å². The van der Waals surface area contributed by atoms with E-state index in [9.17, 15) is 17.6 Å². The Morgan fingerprint density at radius 3 is 2.60 bits per heavy atom. The van der Waals surface area contributed by atoms with Crippen LogP contribution in [0.5, 0.6) is 0 Å². The van der Waals surface area contributed by atoms with Crippen LogP contribution in [0, 0.1) is 11.2 Å². The summed E-state index contributed by atoms with van der Waals surface area (Å²) in [5, 5.41) is 2.92. The lowest BCUT2D eigenvalue weighted by Gasteiger charge is -2.35. The van der Waals surface area contributed by atoms with E-state index >= 15 is 0 Å². The van der Waals surface area contributed by atoms with Gasteiger partial charge in [0.25, 0.3) is 0 Å². The first-order valence-corrected chi connectivity index (χ1v) is 7.54. The molecule has 1 aliphatic heterocycles. The van der Waals surface area contributed by atoms with Crippen molar-refractivity contribution in [1.29, 1.82) is 0 Å². The van der Waals surface area contributed by atoms with E-state index in [1.165, 1.54) is 0 Å². The van der Waals surface area contributed by atoms with Crippen LogP contribution in [0.1, 0.15) is 25.8 Å². The van der Waals surface area contributed by atoms with Crippen molar-refractivity contribution in [1.82, 2.24) is 0 Å². The molecular formula is C14H17F4NS. The standard InChI is InChI=1S/C14H17F4NS/c1-13(2)6-10(7-20-8-13)19-12-5-9(14(16,17)18)3-4-11(12)15/h3-5,10,19H,6-8H2,1-2H3. The fourth-order valence-electron chi connectivity index (χ4n) is 2.39. The number of thioether (sulfide) groups is 1. The maximum Gasteiger partial charge on any atom is 0.416 e. The molecule has 1 N–H and O–H groups in total. The first kappa shape index (κ1) is 15.5. The SMILES string of the molecule is CC1(C)CSCC(Nc2cc(C(F)(F)F)ccc2F)C1. The molecule has 1 saturated heterocycles. The lowest BCUT2D eigenvalue weighted by atomic mass is 9.87. The molecular weight excluding hydrogens is 290 g/mol. The first-order valence-electron chi connectivity index (χ1n) is 6.38. The zero-order valence-corrected chi connectivity index (χ0v) is 12.2. The highest BCUT2D eigenvalue weighted by Crippen LogP contribution is 2.36. The summed E-state index contributed by atoms with van der Waals surface area (Å²) in [6.45, 7) is 4.21. The molecule has 0 spiro atoms. The maximum atomic E-state index is 13.7. The number of nitrogens with one attached hydrogen (secondary N) is 1. The molecule has 1 aromatic rings. The topological polar surface area (TPSA) is 12.0 Å². The van der Waals surface area contributed by atoms with Gasteiger partial charge >= 0.3 is 6.18 Å². The zero-order chi connectivity index (χ0) is 15.0. The van der Waals surface area contributed by atoms with Crippen LogP contribution in [0.25, 0.3) is 0 Å². The highest BCUT2D eigenvalue weighted by molar-refractivity contribution is 7.99. The number of anilines is 1. The zero-order valence-electron chi connectivity index (χ0n) is 11.4. The molecule has 1 atom stereocenters. The Bertz CT molecular complexity index is 485. The van der Waals surface area contributed by atoms with Gasteiger partial charge in [-0.3, -0.25) is 0 Å². The fourth-order valence-corrected chi connectivity index (χ4v) is 3.66. The number of halogens is 4. The molecule has 112 valence electrons. The van der Waals surface area contributed by atoms with Gasteiger partial charge in [0.2, 0.25) is 0 Å². The van der Waals surface area contributed by atoms with Crippen LogP contribution < -0.4 is 5.32 Å². The normalized spacial score (nSPS) is 22.6. The van der Waals surface area contributed by atoms with Crippen molar-refractivity contribution in [3.63, 3.8) is 0 Å². The van der Waals surface area contributed by atoms with E-state index in [0.29, 0.717) is 0 Å². The van der Waals surface area contributed by atoms with Crippen molar-refractivity contribution in [3.05, 3.63) is 29.6 Å². The smallest absolute Gasteiger partial charge is 0.379 e. The predicted octanol–water partition coefficient (Wildman–Crippen LogP) is 4.79. The summed E-state index contributed by atoms with van der Waals surface area (Å²) >= 11 is 1.74. The Labute approximate surface area is 120 Å². The molecule has 1 aromatic carbocycles. The molecule has 0 bridgehead atoms. The molecule has 0 aromatic heterocycles. The van der Waals surface area contributed by atoms with Crippen molar-refractivity contribution in [3.8, 4) is 0 Å². The molecule has 1 unspecified atom stereocenters. The van der Waals surface area contributed by atoms with Crippen LogP contribution in [-0.2, 0) is 6.18 Å². The molecule has 0 amide bonds. The van der Waals surface area contributed by atoms with Gasteiger partial charge < -0.3 is 5.32 Å². The quantitative estimate of drug-likeness (QED) is 0.789. The predicted molar refractivity (Wildman–Crippen MR) is 74.5 cm³/mol. The lowest BCUT2D eigenvalue weighted by molar-refractivity contribution is -0.137. The van der Waals surface area contributed by atoms with Gasteiger partial charge in [-0.1, -0.05) is 13.8 Å². The van der Waals surface area contributed by atoms with Gasteiger partial charge in [-0.2, -0.15) is 24.9 Å². The monoisotopic (exact) mass is 307 g/mol. The van der Waals surface area contributed by atoms with Crippen LogP contribution in [0.2, 0.25) is 0 Å². The van der Waals surface area contributed by atoms with E-state index in [2.05, 4.69) is 19.2 Å². The van der Waals surface area contributed by atoms with Gasteiger partial charge in [0, 0.05) is 11.8 Å². The van der Waals surface area contributed by atoms with Crippen molar-refractivity contribution in [2.75, 3.05) is 16.8 Å². The number of hydrogen-bond acceptors (Lipinski definition) is 2. The Morgan fingerprint density at radius 1 is 1.30 bits per heavy atom. The Balaban J connectivity index is 2.16. The minimum Gasteiger partial charge on any atom is -0.379 e. The molecule has 2 rings (SSSR count). The average molecular weight is 307 g/mol. The van der Waals surface area contributed by atoms with Crippen LogP contribution in [0.15, 0.2) is 18.2 Å². The van der Waals surface area contributed by atoms with Gasteiger partial charge in [0.15, 0.2) is 0 Å². The van der Waals surface area contributed by atoms with Crippen LogP contribution >= 0.6 is 11.8 Å². The largest absolute Gasteiger partial charge is 0.416 e. The summed E-state index contributed by atoms with van der Waals surface area (Å²) in [6.07, 6.45) is -3.64. The molecule has 0 aliphatic carbocycles. The van der Waals surface area contributed by atoms with Gasteiger partial charge in [-0.25, -0.2) is 4.39 Å². The van der Waals surface area contributed by atoms with E-state index < -0.39 is 17.6 Å². The maximum absolute atomic E-state index is 13.7. The van der Waals surface area contributed by atoms with Crippen LogP contribution in [0.3, 0.4) is 0 Å². The van der Waals surface area contributed by atoms with Crippen LogP contribution in [-0.4, -0.2) is 17.5 Å². The third-order valence-corrected chi connectivity index (χ3v) is 4.89. The fraction of sp³-hybridized carbons (Fsp3) is 0.571. The van der Waals surface area contributed by atoms with Gasteiger partial charge in [0.1, 0.15) is 5.82 Å². The lowest BCUT2D eigenvalue weighted by Crippen LogP contribution is -2.35. The number of hydrogen-bond donors (Lipinski definition) is 1. The van der Waals surface area contributed by atoms with Gasteiger partial charge in [0.05, 0.1) is 11.3 Å². The minimum atomic E-state index is -4.45. The second-order valence-electron chi connectivity index (χ2n) is 5.92. The van der Waals surface area contributed by atoms with E-state index in [0.717, 1.165) is 36.1 Å². The second-order valence-corrected chi connectivity index (χ2v) is 6.95.